The molecular formula is C17H14ClN3O2. The summed E-state index contributed by atoms with van der Waals surface area (Å²) in [6.07, 6.45) is 3.44. The van der Waals surface area contributed by atoms with Gasteiger partial charge in [0.25, 0.3) is 0 Å². The number of benzene rings is 1. The average molecular weight is 328 g/mol. The zero-order valence-electron chi connectivity index (χ0n) is 12.7. The first-order chi connectivity index (χ1) is 11.2. The highest BCUT2D eigenvalue weighted by molar-refractivity contribution is 6.29. The molecule has 5 nitrogen and oxygen atoms in total. The minimum atomic E-state index is 0.364. The van der Waals surface area contributed by atoms with Crippen LogP contribution >= 0.6 is 11.6 Å². The number of halogens is 1. The SMILES string of the molecule is COc1ccc(-c2nc(Cl)cc(-c3cccnc3)n2)cc1OC. The summed E-state index contributed by atoms with van der Waals surface area (Å²) in [6, 6.07) is 11.0. The molecule has 1 aromatic carbocycles. The fraction of sp³-hybridized carbons (Fsp3) is 0.118. The van der Waals surface area contributed by atoms with Gasteiger partial charge in [0.15, 0.2) is 17.3 Å². The molecule has 0 radical (unpaired) electrons. The maximum Gasteiger partial charge on any atom is 0.161 e. The first-order valence-corrected chi connectivity index (χ1v) is 7.26. The van der Waals surface area contributed by atoms with E-state index in [0.717, 1.165) is 11.1 Å². The van der Waals surface area contributed by atoms with E-state index in [-0.39, 0.29) is 0 Å². The number of rotatable bonds is 4. The maximum absolute atomic E-state index is 6.15. The third kappa shape index (κ3) is 3.24. The molecule has 3 rings (SSSR count). The van der Waals surface area contributed by atoms with Gasteiger partial charge in [0.2, 0.25) is 0 Å². The number of hydrogen-bond donors (Lipinski definition) is 0. The highest BCUT2D eigenvalue weighted by atomic mass is 35.5. The monoisotopic (exact) mass is 327 g/mol. The van der Waals surface area contributed by atoms with Crippen LogP contribution in [0.25, 0.3) is 22.6 Å². The smallest absolute Gasteiger partial charge is 0.161 e. The summed E-state index contributed by atoms with van der Waals surface area (Å²) >= 11 is 6.15. The molecule has 3 aromatic rings. The number of pyridine rings is 1. The van der Waals surface area contributed by atoms with Crippen molar-refractivity contribution in [2.75, 3.05) is 14.2 Å². The second-order valence-corrected chi connectivity index (χ2v) is 5.10. The Kier molecular flexibility index (Phi) is 4.39. The summed E-state index contributed by atoms with van der Waals surface area (Å²) in [6.45, 7) is 0. The molecule has 0 atom stereocenters. The van der Waals surface area contributed by atoms with Crippen LogP contribution in [0, 0.1) is 0 Å². The van der Waals surface area contributed by atoms with Gasteiger partial charge in [0, 0.05) is 29.6 Å². The lowest BCUT2D eigenvalue weighted by molar-refractivity contribution is 0.355. The molecule has 0 saturated carbocycles. The first-order valence-electron chi connectivity index (χ1n) is 6.88. The lowest BCUT2D eigenvalue weighted by Crippen LogP contribution is -1.95. The van der Waals surface area contributed by atoms with Crippen LogP contribution in [0.3, 0.4) is 0 Å². The molecule has 0 aliphatic rings. The normalized spacial score (nSPS) is 10.4. The van der Waals surface area contributed by atoms with Crippen molar-refractivity contribution in [2.45, 2.75) is 0 Å². The Morgan fingerprint density at radius 2 is 1.74 bits per heavy atom. The lowest BCUT2D eigenvalue weighted by Gasteiger charge is -2.10. The lowest BCUT2D eigenvalue weighted by atomic mass is 10.1. The van der Waals surface area contributed by atoms with Gasteiger partial charge in [-0.25, -0.2) is 9.97 Å². The fourth-order valence-corrected chi connectivity index (χ4v) is 2.37. The molecule has 0 fully saturated rings. The van der Waals surface area contributed by atoms with Gasteiger partial charge in [-0.3, -0.25) is 4.98 Å². The molecule has 0 bridgehead atoms. The van der Waals surface area contributed by atoms with Crippen molar-refractivity contribution in [1.29, 1.82) is 0 Å². The maximum atomic E-state index is 6.15. The van der Waals surface area contributed by atoms with Crippen LogP contribution in [0.1, 0.15) is 0 Å². The molecule has 2 heterocycles. The van der Waals surface area contributed by atoms with Gasteiger partial charge < -0.3 is 9.47 Å². The minimum Gasteiger partial charge on any atom is -0.493 e. The Morgan fingerprint density at radius 1 is 0.913 bits per heavy atom. The molecule has 0 N–H and O–H groups in total. The van der Waals surface area contributed by atoms with Gasteiger partial charge in [-0.2, -0.15) is 0 Å². The molecule has 116 valence electrons. The summed E-state index contributed by atoms with van der Waals surface area (Å²) in [7, 11) is 3.18. The van der Waals surface area contributed by atoms with Crippen molar-refractivity contribution in [2.24, 2.45) is 0 Å². The minimum absolute atomic E-state index is 0.364. The summed E-state index contributed by atoms with van der Waals surface area (Å²) in [5.74, 6) is 1.76. The van der Waals surface area contributed by atoms with Crippen LogP contribution in [0.2, 0.25) is 5.15 Å². The highest BCUT2D eigenvalue weighted by Gasteiger charge is 2.11. The predicted molar refractivity (Wildman–Crippen MR) is 88.8 cm³/mol. The van der Waals surface area contributed by atoms with Crippen LogP contribution in [0.4, 0.5) is 0 Å². The standard InChI is InChI=1S/C17H14ClN3O2/c1-22-14-6-5-11(8-15(14)23-2)17-20-13(9-16(18)21-17)12-4-3-7-19-10-12/h3-10H,1-2H3. The Morgan fingerprint density at radius 3 is 2.43 bits per heavy atom. The highest BCUT2D eigenvalue weighted by Crippen LogP contribution is 2.32. The largest absolute Gasteiger partial charge is 0.493 e. The quantitative estimate of drug-likeness (QED) is 0.681. The third-order valence-electron chi connectivity index (χ3n) is 3.29. The molecule has 23 heavy (non-hydrogen) atoms. The zero-order chi connectivity index (χ0) is 16.2. The van der Waals surface area contributed by atoms with Crippen molar-refractivity contribution in [3.05, 3.63) is 53.9 Å². The van der Waals surface area contributed by atoms with E-state index in [4.69, 9.17) is 21.1 Å². The second kappa shape index (κ2) is 6.62. The van der Waals surface area contributed by atoms with E-state index >= 15 is 0 Å². The van der Waals surface area contributed by atoms with E-state index in [1.54, 1.807) is 32.7 Å². The Balaban J connectivity index is 2.09. The number of methoxy groups -OCH3 is 2. The van der Waals surface area contributed by atoms with E-state index in [0.29, 0.717) is 28.2 Å². The topological polar surface area (TPSA) is 57.1 Å². The predicted octanol–water partition coefficient (Wildman–Crippen LogP) is 3.88. The van der Waals surface area contributed by atoms with E-state index in [1.165, 1.54) is 0 Å². The Bertz CT molecular complexity index is 825. The van der Waals surface area contributed by atoms with Crippen LogP contribution in [-0.2, 0) is 0 Å². The molecule has 0 saturated heterocycles. The summed E-state index contributed by atoms with van der Waals surface area (Å²) in [5, 5.41) is 0.364. The van der Waals surface area contributed by atoms with Crippen LogP contribution in [0.5, 0.6) is 11.5 Å². The van der Waals surface area contributed by atoms with E-state index in [1.807, 2.05) is 30.3 Å². The van der Waals surface area contributed by atoms with Crippen molar-refractivity contribution >= 4 is 11.6 Å². The van der Waals surface area contributed by atoms with Gasteiger partial charge in [-0.1, -0.05) is 11.6 Å². The first kappa shape index (κ1) is 15.2. The van der Waals surface area contributed by atoms with Crippen LogP contribution in [0.15, 0.2) is 48.8 Å². The second-order valence-electron chi connectivity index (χ2n) is 4.71. The fourth-order valence-electron chi connectivity index (χ4n) is 2.18. The van der Waals surface area contributed by atoms with E-state index < -0.39 is 0 Å². The van der Waals surface area contributed by atoms with Crippen LogP contribution < -0.4 is 9.47 Å². The number of ether oxygens (including phenoxy) is 2. The van der Waals surface area contributed by atoms with Gasteiger partial charge in [0.1, 0.15) is 5.15 Å². The average Bonchev–Trinajstić information content (AvgIpc) is 2.61. The Labute approximate surface area is 138 Å². The molecule has 0 spiro atoms. The van der Waals surface area contributed by atoms with Crippen molar-refractivity contribution in [3.8, 4) is 34.1 Å². The molecule has 2 aromatic heterocycles. The number of hydrogen-bond acceptors (Lipinski definition) is 5. The Hall–Kier alpha value is -2.66. The summed E-state index contributed by atoms with van der Waals surface area (Å²) < 4.78 is 10.6. The number of nitrogens with zero attached hydrogens (tertiary/aromatic N) is 3. The van der Waals surface area contributed by atoms with Crippen molar-refractivity contribution < 1.29 is 9.47 Å². The van der Waals surface area contributed by atoms with E-state index in [2.05, 4.69) is 15.0 Å². The van der Waals surface area contributed by atoms with Crippen molar-refractivity contribution in [3.63, 3.8) is 0 Å². The molecule has 6 heteroatoms. The summed E-state index contributed by atoms with van der Waals surface area (Å²) in [5.41, 5.74) is 2.37. The van der Waals surface area contributed by atoms with Crippen LogP contribution in [-0.4, -0.2) is 29.2 Å². The third-order valence-corrected chi connectivity index (χ3v) is 3.49. The van der Waals surface area contributed by atoms with Gasteiger partial charge >= 0.3 is 0 Å². The van der Waals surface area contributed by atoms with Gasteiger partial charge in [0.05, 0.1) is 19.9 Å². The molecule has 0 aliphatic heterocycles. The molecule has 0 unspecified atom stereocenters. The van der Waals surface area contributed by atoms with Crippen molar-refractivity contribution in [1.82, 2.24) is 15.0 Å². The molecular weight excluding hydrogens is 314 g/mol. The molecule has 0 amide bonds. The number of aromatic nitrogens is 3. The molecule has 0 aliphatic carbocycles. The van der Waals surface area contributed by atoms with Gasteiger partial charge in [-0.15, -0.1) is 0 Å². The summed E-state index contributed by atoms with van der Waals surface area (Å²) in [4.78, 5) is 13.0. The zero-order valence-corrected chi connectivity index (χ0v) is 13.4. The van der Waals surface area contributed by atoms with Gasteiger partial charge in [-0.05, 0) is 30.3 Å². The van der Waals surface area contributed by atoms with E-state index in [9.17, 15) is 0 Å².